The van der Waals surface area contributed by atoms with E-state index < -0.39 is 11.4 Å². The van der Waals surface area contributed by atoms with Crippen LogP contribution in [0.15, 0.2) is 16.6 Å². The van der Waals surface area contributed by atoms with E-state index in [1.165, 1.54) is 7.11 Å². The minimum Gasteiger partial charge on any atom is -0.492 e. The highest BCUT2D eigenvalue weighted by Gasteiger charge is 2.45. The summed E-state index contributed by atoms with van der Waals surface area (Å²) in [6.07, 6.45) is 3.13. The first-order valence-corrected chi connectivity index (χ1v) is 7.00. The average molecular weight is 329 g/mol. The van der Waals surface area contributed by atoms with Crippen molar-refractivity contribution in [3.63, 3.8) is 0 Å². The summed E-state index contributed by atoms with van der Waals surface area (Å²) < 4.78 is 11.5. The molecule has 0 bridgehead atoms. The third-order valence-electron chi connectivity index (χ3n) is 3.85. The van der Waals surface area contributed by atoms with Crippen molar-refractivity contribution in [1.82, 2.24) is 0 Å². The monoisotopic (exact) mass is 328 g/mol. The molecule has 0 saturated heterocycles. The van der Waals surface area contributed by atoms with Crippen LogP contribution in [0.2, 0.25) is 0 Å². The largest absolute Gasteiger partial charge is 0.492 e. The van der Waals surface area contributed by atoms with Crippen molar-refractivity contribution in [2.75, 3.05) is 14.2 Å². The fraction of sp³-hybridized carbons (Fsp3) is 0.500. The highest BCUT2D eigenvalue weighted by molar-refractivity contribution is 9.10. The van der Waals surface area contributed by atoms with Crippen LogP contribution in [-0.4, -0.2) is 25.3 Å². The van der Waals surface area contributed by atoms with Crippen LogP contribution in [0.25, 0.3) is 0 Å². The molecule has 0 aliphatic heterocycles. The SMILES string of the molecule is COc1c(Br)ccc(C2(C(=O)O)CCCC2)c1OC. The molecule has 4 nitrogen and oxygen atoms in total. The smallest absolute Gasteiger partial charge is 0.314 e. The van der Waals surface area contributed by atoms with Gasteiger partial charge in [-0.05, 0) is 34.8 Å². The summed E-state index contributed by atoms with van der Waals surface area (Å²) in [6.45, 7) is 0. The van der Waals surface area contributed by atoms with E-state index in [4.69, 9.17) is 9.47 Å². The molecule has 1 saturated carbocycles. The Bertz CT molecular complexity index is 492. The molecule has 0 unspecified atom stereocenters. The molecule has 0 spiro atoms. The first kappa shape index (κ1) is 14.2. The van der Waals surface area contributed by atoms with Gasteiger partial charge < -0.3 is 14.6 Å². The lowest BCUT2D eigenvalue weighted by Gasteiger charge is -2.27. The van der Waals surface area contributed by atoms with Gasteiger partial charge in [0, 0.05) is 5.56 Å². The molecule has 0 amide bonds. The van der Waals surface area contributed by atoms with E-state index >= 15 is 0 Å². The Kier molecular flexibility index (Phi) is 4.04. The van der Waals surface area contributed by atoms with Crippen LogP contribution in [-0.2, 0) is 10.2 Å². The van der Waals surface area contributed by atoms with Crippen molar-refractivity contribution in [2.24, 2.45) is 0 Å². The highest BCUT2D eigenvalue weighted by Crippen LogP contribution is 2.49. The number of aliphatic carboxylic acids is 1. The van der Waals surface area contributed by atoms with Crippen molar-refractivity contribution in [1.29, 1.82) is 0 Å². The van der Waals surface area contributed by atoms with Gasteiger partial charge in [0.15, 0.2) is 11.5 Å². The molecule has 2 rings (SSSR count). The first-order valence-electron chi connectivity index (χ1n) is 6.21. The van der Waals surface area contributed by atoms with Crippen LogP contribution in [0.5, 0.6) is 11.5 Å². The normalized spacial score (nSPS) is 17.2. The molecule has 0 heterocycles. The Morgan fingerprint density at radius 1 is 1.21 bits per heavy atom. The summed E-state index contributed by atoms with van der Waals surface area (Å²) in [6, 6.07) is 3.64. The van der Waals surface area contributed by atoms with Crippen LogP contribution in [0, 0.1) is 0 Å². The Morgan fingerprint density at radius 2 is 1.79 bits per heavy atom. The molecule has 19 heavy (non-hydrogen) atoms. The van der Waals surface area contributed by atoms with Gasteiger partial charge in [-0.1, -0.05) is 18.9 Å². The van der Waals surface area contributed by atoms with Gasteiger partial charge in [-0.2, -0.15) is 0 Å². The Balaban J connectivity index is 2.64. The minimum absolute atomic E-state index is 0.515. The Hall–Kier alpha value is -1.23. The second-order valence-corrected chi connectivity index (χ2v) is 5.61. The van der Waals surface area contributed by atoms with Crippen LogP contribution in [0.1, 0.15) is 31.2 Å². The summed E-state index contributed by atoms with van der Waals surface area (Å²) in [5, 5.41) is 9.66. The lowest BCUT2D eigenvalue weighted by atomic mass is 9.78. The number of methoxy groups -OCH3 is 2. The Morgan fingerprint density at radius 3 is 2.26 bits per heavy atom. The zero-order valence-corrected chi connectivity index (χ0v) is 12.6. The molecule has 1 aliphatic carbocycles. The van der Waals surface area contributed by atoms with E-state index in [0.717, 1.165) is 17.3 Å². The molecule has 1 aromatic carbocycles. The summed E-state index contributed by atoms with van der Waals surface area (Å²) in [7, 11) is 3.09. The molecular weight excluding hydrogens is 312 g/mol. The maximum atomic E-state index is 11.8. The lowest BCUT2D eigenvalue weighted by molar-refractivity contribution is -0.143. The number of hydrogen-bond acceptors (Lipinski definition) is 3. The first-order chi connectivity index (χ1) is 9.06. The van der Waals surface area contributed by atoms with E-state index in [1.54, 1.807) is 7.11 Å². The van der Waals surface area contributed by atoms with Gasteiger partial charge in [-0.15, -0.1) is 0 Å². The lowest BCUT2D eigenvalue weighted by Crippen LogP contribution is -2.33. The van der Waals surface area contributed by atoms with Gasteiger partial charge in [0.05, 0.1) is 24.1 Å². The molecule has 1 fully saturated rings. The fourth-order valence-corrected chi connectivity index (χ4v) is 3.36. The van der Waals surface area contributed by atoms with E-state index in [9.17, 15) is 9.90 Å². The van der Waals surface area contributed by atoms with E-state index in [0.29, 0.717) is 29.9 Å². The van der Waals surface area contributed by atoms with E-state index in [1.807, 2.05) is 12.1 Å². The zero-order chi connectivity index (χ0) is 14.0. The number of ether oxygens (including phenoxy) is 2. The summed E-state index contributed by atoms with van der Waals surface area (Å²) in [5.74, 6) is 0.279. The quantitative estimate of drug-likeness (QED) is 0.920. The maximum absolute atomic E-state index is 11.8. The molecule has 5 heteroatoms. The third kappa shape index (κ3) is 2.20. The van der Waals surface area contributed by atoms with Gasteiger partial charge in [0.1, 0.15) is 0 Å². The number of carboxylic acid groups (broad SMARTS) is 1. The second kappa shape index (κ2) is 5.41. The molecule has 0 radical (unpaired) electrons. The summed E-state index contributed by atoms with van der Waals surface area (Å²) >= 11 is 3.39. The zero-order valence-electron chi connectivity index (χ0n) is 11.0. The summed E-state index contributed by atoms with van der Waals surface area (Å²) in [4.78, 5) is 11.8. The fourth-order valence-electron chi connectivity index (χ4n) is 2.89. The van der Waals surface area contributed by atoms with E-state index in [2.05, 4.69) is 15.9 Å². The van der Waals surface area contributed by atoms with Gasteiger partial charge in [-0.3, -0.25) is 4.79 Å². The predicted octanol–water partition coefficient (Wildman–Crippen LogP) is 3.36. The number of halogens is 1. The van der Waals surface area contributed by atoms with Crippen LogP contribution >= 0.6 is 15.9 Å². The van der Waals surface area contributed by atoms with Crippen LogP contribution in [0.3, 0.4) is 0 Å². The predicted molar refractivity (Wildman–Crippen MR) is 75.0 cm³/mol. The molecule has 1 aromatic rings. The number of rotatable bonds is 4. The molecular formula is C14H17BrO4. The summed E-state index contributed by atoms with van der Waals surface area (Å²) in [5.41, 5.74) is -0.140. The van der Waals surface area contributed by atoms with Gasteiger partial charge in [0.2, 0.25) is 0 Å². The number of benzene rings is 1. The van der Waals surface area contributed by atoms with Gasteiger partial charge in [-0.25, -0.2) is 0 Å². The minimum atomic E-state index is -0.848. The molecule has 0 atom stereocenters. The average Bonchev–Trinajstić information content (AvgIpc) is 2.88. The second-order valence-electron chi connectivity index (χ2n) is 4.76. The molecule has 104 valence electrons. The van der Waals surface area contributed by atoms with Crippen molar-refractivity contribution in [3.8, 4) is 11.5 Å². The van der Waals surface area contributed by atoms with Crippen LogP contribution in [0.4, 0.5) is 0 Å². The van der Waals surface area contributed by atoms with E-state index in [-0.39, 0.29) is 0 Å². The van der Waals surface area contributed by atoms with Crippen molar-refractivity contribution in [2.45, 2.75) is 31.1 Å². The molecule has 0 aromatic heterocycles. The van der Waals surface area contributed by atoms with Crippen molar-refractivity contribution in [3.05, 3.63) is 22.2 Å². The maximum Gasteiger partial charge on any atom is 0.314 e. The standard InChI is InChI=1S/C14H17BrO4/c1-18-11-9(5-6-10(15)12(11)19-2)14(13(16)17)7-3-4-8-14/h5-6H,3-4,7-8H2,1-2H3,(H,16,17). The highest BCUT2D eigenvalue weighted by atomic mass is 79.9. The molecule has 1 aliphatic rings. The topological polar surface area (TPSA) is 55.8 Å². The van der Waals surface area contributed by atoms with Gasteiger partial charge >= 0.3 is 5.97 Å². The van der Waals surface area contributed by atoms with Gasteiger partial charge in [0.25, 0.3) is 0 Å². The number of carbonyl (C=O) groups is 1. The number of hydrogen-bond donors (Lipinski definition) is 1. The molecule has 1 N–H and O–H groups in total. The Labute approximate surface area is 120 Å². The van der Waals surface area contributed by atoms with Crippen molar-refractivity contribution >= 4 is 21.9 Å². The third-order valence-corrected chi connectivity index (χ3v) is 4.48. The van der Waals surface area contributed by atoms with Crippen molar-refractivity contribution < 1.29 is 19.4 Å². The number of carboxylic acids is 1. The van der Waals surface area contributed by atoms with Crippen LogP contribution < -0.4 is 9.47 Å².